The van der Waals surface area contributed by atoms with Crippen molar-refractivity contribution in [1.82, 2.24) is 25.7 Å². The number of rotatable bonds is 7. The molecule has 10 nitrogen and oxygen atoms in total. The topological polar surface area (TPSA) is 147 Å². The number of nitrogens with two attached hydrogens (primary N) is 1. The van der Waals surface area contributed by atoms with Gasteiger partial charge in [-0.25, -0.2) is 0 Å². The van der Waals surface area contributed by atoms with E-state index in [1.807, 2.05) is 13.8 Å². The van der Waals surface area contributed by atoms with Crippen LogP contribution >= 0.6 is 0 Å². The quantitative estimate of drug-likeness (QED) is 0.485. The molecule has 1 aromatic heterocycles. The van der Waals surface area contributed by atoms with Gasteiger partial charge in [-0.15, -0.1) is 0 Å². The van der Waals surface area contributed by atoms with E-state index >= 15 is 0 Å². The monoisotopic (exact) mass is 544 g/mol. The number of halogens is 2. The van der Waals surface area contributed by atoms with Crippen LogP contribution in [0.15, 0.2) is 30.5 Å². The second-order valence-electron chi connectivity index (χ2n) is 12.2. The van der Waals surface area contributed by atoms with E-state index in [1.165, 1.54) is 11.1 Å². The van der Waals surface area contributed by atoms with Crippen molar-refractivity contribution in [2.45, 2.75) is 65.6 Å². The summed E-state index contributed by atoms with van der Waals surface area (Å²) in [6.07, 6.45) is 1.52. The predicted molar refractivity (Wildman–Crippen MR) is 138 cm³/mol. The molecule has 2 heterocycles. The summed E-state index contributed by atoms with van der Waals surface area (Å²) in [5.41, 5.74) is 4.65. The molecule has 4 amide bonds. The molecule has 2 aliphatic rings. The third kappa shape index (κ3) is 5.16. The second-order valence-corrected chi connectivity index (χ2v) is 12.2. The van der Waals surface area contributed by atoms with Crippen molar-refractivity contribution >= 4 is 34.4 Å². The van der Waals surface area contributed by atoms with Crippen molar-refractivity contribution in [2.24, 2.45) is 28.4 Å². The lowest BCUT2D eigenvalue weighted by Gasteiger charge is -2.38. The molecule has 2 aromatic rings. The van der Waals surface area contributed by atoms with Crippen LogP contribution in [0.1, 0.15) is 53.3 Å². The highest BCUT2D eigenvalue weighted by Crippen LogP contribution is 2.65. The first-order chi connectivity index (χ1) is 18.0. The van der Waals surface area contributed by atoms with Gasteiger partial charge in [-0.1, -0.05) is 58.9 Å². The number of carbonyl (C=O) groups excluding carboxylic acids is 4. The zero-order valence-corrected chi connectivity index (χ0v) is 22.8. The molecule has 12 heteroatoms. The first kappa shape index (κ1) is 28.3. The van der Waals surface area contributed by atoms with Gasteiger partial charge >= 0.3 is 5.92 Å². The lowest BCUT2D eigenvalue weighted by atomic mass is 9.85. The molecule has 4 N–H and O–H groups in total. The Morgan fingerprint density at radius 1 is 1.10 bits per heavy atom. The number of fused-ring (bicyclic) bond motifs is 2. The fourth-order valence-electron chi connectivity index (χ4n) is 5.65. The van der Waals surface area contributed by atoms with Gasteiger partial charge in [0.2, 0.25) is 17.7 Å². The highest BCUT2D eigenvalue weighted by Gasteiger charge is 2.70. The highest BCUT2D eigenvalue weighted by molar-refractivity contribution is 5.97. The molecule has 210 valence electrons. The third-order valence-corrected chi connectivity index (χ3v) is 7.99. The lowest BCUT2D eigenvalue weighted by Crippen LogP contribution is -2.61. The Hall–Kier alpha value is -3.70. The van der Waals surface area contributed by atoms with E-state index in [2.05, 4.69) is 20.8 Å². The number of nitrogens with one attached hydrogen (secondary N) is 2. The number of carbonyl (C=O) groups is 4. The molecule has 1 aliphatic carbocycles. The van der Waals surface area contributed by atoms with Crippen LogP contribution in [0.3, 0.4) is 0 Å². The van der Waals surface area contributed by atoms with Gasteiger partial charge in [0.05, 0.1) is 6.20 Å². The van der Waals surface area contributed by atoms with Gasteiger partial charge in [0, 0.05) is 24.2 Å². The lowest BCUT2D eigenvalue weighted by molar-refractivity contribution is -0.151. The van der Waals surface area contributed by atoms with Crippen molar-refractivity contribution in [1.29, 1.82) is 0 Å². The normalized spacial score (nSPS) is 23.5. The van der Waals surface area contributed by atoms with Gasteiger partial charge < -0.3 is 21.3 Å². The number of nitrogens with zero attached hydrogens (tertiary/aromatic N) is 3. The van der Waals surface area contributed by atoms with Crippen molar-refractivity contribution in [3.8, 4) is 0 Å². The molecular formula is C27H34F2N6O4. The number of likely N-dealkylation sites (tertiary alicyclic amines) is 1. The number of piperidine rings is 1. The summed E-state index contributed by atoms with van der Waals surface area (Å²) in [6.45, 7) is 9.54. The predicted octanol–water partition coefficient (Wildman–Crippen LogP) is 1.94. The maximum absolute atomic E-state index is 13.8. The van der Waals surface area contributed by atoms with Crippen LogP contribution in [-0.4, -0.2) is 63.3 Å². The number of aromatic nitrogens is 2. The van der Waals surface area contributed by atoms with Crippen LogP contribution in [0.5, 0.6) is 0 Å². The van der Waals surface area contributed by atoms with Gasteiger partial charge in [-0.3, -0.25) is 19.2 Å². The number of hydrogen-bond acceptors (Lipinski definition) is 6. The van der Waals surface area contributed by atoms with E-state index in [1.54, 1.807) is 45.0 Å². The minimum Gasteiger partial charge on any atom is -0.368 e. The Morgan fingerprint density at radius 3 is 2.33 bits per heavy atom. The summed E-state index contributed by atoms with van der Waals surface area (Å²) >= 11 is 0. The molecule has 39 heavy (non-hydrogen) atoms. The standard InChI is InChI=1S/C27H34F2N6O4/c1-25(2,3)20(33-24(39)27(6,28)29)23(38)35-12-15-16(26(15,4)5)19(35)22(37)32-18(21(30)36)17-14-10-8-7-9-13(14)11-31-34-17/h7-11,15-16,18-20H,12H2,1-6H3,(H2,30,36)(H,32,37)(H,33,39)/t15-,16-,18?,19-,20+/m0/s1. The van der Waals surface area contributed by atoms with Crippen molar-refractivity contribution in [2.75, 3.05) is 6.54 Å². The second kappa shape index (κ2) is 9.49. The Kier molecular flexibility index (Phi) is 6.89. The van der Waals surface area contributed by atoms with E-state index in [0.717, 1.165) is 0 Å². The molecule has 1 unspecified atom stereocenters. The number of benzene rings is 1. The Labute approximate surface area is 225 Å². The van der Waals surface area contributed by atoms with Crippen LogP contribution in [0.2, 0.25) is 0 Å². The number of amides is 4. The molecule has 0 spiro atoms. The number of hydrogen-bond donors (Lipinski definition) is 3. The van der Waals surface area contributed by atoms with Gasteiger partial charge in [0.15, 0.2) is 6.04 Å². The minimum absolute atomic E-state index is 0.0227. The molecule has 0 bridgehead atoms. The smallest absolute Gasteiger partial charge is 0.321 e. The minimum atomic E-state index is -3.69. The van der Waals surface area contributed by atoms with Crippen molar-refractivity contribution in [3.63, 3.8) is 0 Å². The molecule has 4 rings (SSSR count). The largest absolute Gasteiger partial charge is 0.368 e. The summed E-state index contributed by atoms with van der Waals surface area (Å²) < 4.78 is 27.4. The zero-order valence-electron chi connectivity index (χ0n) is 22.8. The van der Waals surface area contributed by atoms with Gasteiger partial charge in [-0.05, 0) is 22.7 Å². The number of alkyl halides is 2. The van der Waals surface area contributed by atoms with Gasteiger partial charge in [0.1, 0.15) is 17.8 Å². The van der Waals surface area contributed by atoms with E-state index in [0.29, 0.717) is 17.7 Å². The Bertz CT molecular complexity index is 1330. The molecule has 5 atom stereocenters. The average Bonchev–Trinajstić information content (AvgIpc) is 3.16. The average molecular weight is 545 g/mol. The van der Waals surface area contributed by atoms with Crippen molar-refractivity contribution < 1.29 is 28.0 Å². The summed E-state index contributed by atoms with van der Waals surface area (Å²) in [7, 11) is 0. The highest BCUT2D eigenvalue weighted by atomic mass is 19.3. The third-order valence-electron chi connectivity index (χ3n) is 7.99. The van der Waals surface area contributed by atoms with E-state index in [-0.39, 0.29) is 29.5 Å². The summed E-state index contributed by atoms with van der Waals surface area (Å²) in [5, 5.41) is 14.1. The molecule has 1 aliphatic heterocycles. The summed E-state index contributed by atoms with van der Waals surface area (Å²) in [4.78, 5) is 53.6. The molecule has 1 saturated carbocycles. The molecule has 2 fully saturated rings. The van der Waals surface area contributed by atoms with Gasteiger partial charge in [0.25, 0.3) is 5.91 Å². The molecule has 0 radical (unpaired) electrons. The first-order valence-electron chi connectivity index (χ1n) is 12.8. The fraction of sp³-hybridized carbons (Fsp3) is 0.556. The summed E-state index contributed by atoms with van der Waals surface area (Å²) in [5.74, 6) is -7.66. The van der Waals surface area contributed by atoms with Crippen LogP contribution < -0.4 is 16.4 Å². The fourth-order valence-corrected chi connectivity index (χ4v) is 5.65. The maximum Gasteiger partial charge on any atom is 0.321 e. The molecule has 1 aromatic carbocycles. The van der Waals surface area contributed by atoms with E-state index in [4.69, 9.17) is 5.73 Å². The first-order valence-corrected chi connectivity index (χ1v) is 12.8. The van der Waals surface area contributed by atoms with Crippen LogP contribution in [0, 0.1) is 22.7 Å². The zero-order chi connectivity index (χ0) is 29.1. The maximum atomic E-state index is 13.8. The SMILES string of the molecule is CC(F)(F)C(=O)N[C@H](C(=O)N1C[C@H]2[C@@H]([C@H]1C(=O)NC(C(N)=O)c1nncc3ccccc13)C2(C)C)C(C)(C)C. The Morgan fingerprint density at radius 2 is 1.74 bits per heavy atom. The van der Waals surface area contributed by atoms with E-state index in [9.17, 15) is 28.0 Å². The van der Waals surface area contributed by atoms with Crippen LogP contribution in [0.4, 0.5) is 8.78 Å². The Balaban J connectivity index is 1.66. The van der Waals surface area contributed by atoms with Crippen LogP contribution in [0.25, 0.3) is 10.8 Å². The molecular weight excluding hydrogens is 510 g/mol. The molecule has 1 saturated heterocycles. The van der Waals surface area contributed by atoms with Crippen LogP contribution in [-0.2, 0) is 19.2 Å². The van der Waals surface area contributed by atoms with Crippen molar-refractivity contribution in [3.05, 3.63) is 36.2 Å². The van der Waals surface area contributed by atoms with Gasteiger partial charge in [-0.2, -0.15) is 19.0 Å². The number of primary amides is 1. The summed E-state index contributed by atoms with van der Waals surface area (Å²) in [6, 6.07) is 3.40. The van der Waals surface area contributed by atoms with E-state index < -0.39 is 53.1 Å².